The van der Waals surface area contributed by atoms with Crippen molar-refractivity contribution in [1.82, 2.24) is 9.29 Å². The second-order valence-electron chi connectivity index (χ2n) is 6.16. The number of nitrogens with one attached hydrogen (secondary N) is 1. The van der Waals surface area contributed by atoms with Gasteiger partial charge in [-0.15, -0.1) is 11.3 Å². The fraction of sp³-hybridized carbons (Fsp3) is 0.222. The first-order valence-electron chi connectivity index (χ1n) is 8.23. The molecule has 7 nitrogen and oxygen atoms in total. The fourth-order valence-electron chi connectivity index (χ4n) is 2.50. The number of likely N-dealkylation sites (N-methyl/N-ethyl adjacent to an activating group) is 1. The van der Waals surface area contributed by atoms with Gasteiger partial charge in [-0.25, -0.2) is 13.4 Å². The van der Waals surface area contributed by atoms with Gasteiger partial charge in [0.25, 0.3) is 15.9 Å². The third-order valence-corrected chi connectivity index (χ3v) is 7.06. The third kappa shape index (κ3) is 3.91. The van der Waals surface area contributed by atoms with Gasteiger partial charge >= 0.3 is 0 Å². The number of halogens is 1. The van der Waals surface area contributed by atoms with Crippen LogP contribution in [0.3, 0.4) is 0 Å². The summed E-state index contributed by atoms with van der Waals surface area (Å²) in [5, 5.41) is 2.61. The monoisotopic (exact) mass is 439 g/mol. The molecule has 10 heteroatoms. The van der Waals surface area contributed by atoms with Crippen molar-refractivity contribution < 1.29 is 17.9 Å². The summed E-state index contributed by atoms with van der Waals surface area (Å²) < 4.78 is 32.8. The number of thiophene rings is 1. The molecule has 0 radical (unpaired) electrons. The van der Waals surface area contributed by atoms with Crippen LogP contribution >= 0.6 is 22.9 Å². The molecule has 0 fully saturated rings. The molecule has 0 spiro atoms. The Hall–Kier alpha value is -2.36. The first kappa shape index (κ1) is 20.4. The van der Waals surface area contributed by atoms with Crippen LogP contribution in [-0.4, -0.2) is 37.3 Å². The maximum absolute atomic E-state index is 13.0. The Kier molecular flexibility index (Phi) is 5.78. The molecule has 1 aliphatic rings. The highest BCUT2D eigenvalue weighted by atomic mass is 35.5. The summed E-state index contributed by atoms with van der Waals surface area (Å²) in [7, 11) is -2.63. The molecule has 0 atom stereocenters. The fourth-order valence-corrected chi connectivity index (χ4v) is 5.49. The Labute approximate surface area is 172 Å². The van der Waals surface area contributed by atoms with Gasteiger partial charge in [0.05, 0.1) is 9.21 Å². The zero-order valence-corrected chi connectivity index (χ0v) is 17.8. The van der Waals surface area contributed by atoms with E-state index in [1.165, 1.54) is 19.3 Å². The quantitative estimate of drug-likeness (QED) is 0.717. The molecule has 3 heterocycles. The lowest BCUT2D eigenvalue weighted by atomic mass is 10.2. The van der Waals surface area contributed by atoms with E-state index in [-0.39, 0.29) is 27.3 Å². The van der Waals surface area contributed by atoms with Gasteiger partial charge in [0.15, 0.2) is 11.5 Å². The van der Waals surface area contributed by atoms with Crippen LogP contribution < -0.4 is 5.32 Å². The van der Waals surface area contributed by atoms with Gasteiger partial charge < -0.3 is 10.1 Å². The van der Waals surface area contributed by atoms with E-state index in [9.17, 15) is 13.2 Å². The molecule has 3 rings (SSSR count). The summed E-state index contributed by atoms with van der Waals surface area (Å²) in [5.41, 5.74) is 0.903. The average Bonchev–Trinajstić information content (AvgIpc) is 3.03. The summed E-state index contributed by atoms with van der Waals surface area (Å²) >= 11 is 7.12. The highest BCUT2D eigenvalue weighted by molar-refractivity contribution is 7.89. The van der Waals surface area contributed by atoms with Crippen LogP contribution in [0.5, 0.6) is 0 Å². The second kappa shape index (κ2) is 7.94. The highest BCUT2D eigenvalue weighted by Crippen LogP contribution is 2.43. The number of hydrogen-bond acceptors (Lipinski definition) is 6. The topological polar surface area (TPSA) is 88.6 Å². The molecule has 0 bridgehead atoms. The molecule has 28 heavy (non-hydrogen) atoms. The van der Waals surface area contributed by atoms with Crippen LogP contribution in [-0.2, 0) is 19.6 Å². The van der Waals surface area contributed by atoms with E-state index < -0.39 is 15.9 Å². The van der Waals surface area contributed by atoms with Crippen LogP contribution in [0.1, 0.15) is 18.7 Å². The zero-order valence-electron chi connectivity index (χ0n) is 15.4. The minimum Gasteiger partial charge on any atom is -0.486 e. The number of hydrogen-bond donors (Lipinski definition) is 1. The predicted molar refractivity (Wildman–Crippen MR) is 109 cm³/mol. The normalized spacial score (nSPS) is 15.1. The minimum atomic E-state index is -3.94. The summed E-state index contributed by atoms with van der Waals surface area (Å²) in [6.45, 7) is 4.01. The third-order valence-electron chi connectivity index (χ3n) is 3.88. The Morgan fingerprint density at radius 1 is 1.39 bits per heavy atom. The lowest BCUT2D eigenvalue weighted by molar-refractivity contribution is -0.113. The van der Waals surface area contributed by atoms with E-state index >= 15 is 0 Å². The molecule has 1 amide bonds. The molecule has 148 valence electrons. The number of ether oxygens (including phenoxy) is 1. The van der Waals surface area contributed by atoms with E-state index in [0.29, 0.717) is 10.7 Å². The molecule has 1 N–H and O–H groups in total. The highest BCUT2D eigenvalue weighted by Gasteiger charge is 2.40. The van der Waals surface area contributed by atoms with Crippen molar-refractivity contribution in [3.8, 4) is 0 Å². The molecule has 0 unspecified atom stereocenters. The van der Waals surface area contributed by atoms with Crippen molar-refractivity contribution in [1.29, 1.82) is 0 Å². The first-order valence-corrected chi connectivity index (χ1v) is 10.9. The van der Waals surface area contributed by atoms with Crippen molar-refractivity contribution in [2.45, 2.75) is 18.7 Å². The molecular formula is C18H18ClN3O4S2. The van der Waals surface area contributed by atoms with Gasteiger partial charge in [-0.05, 0) is 38.1 Å². The smallest absolute Gasteiger partial charge is 0.278 e. The van der Waals surface area contributed by atoms with Gasteiger partial charge in [-0.1, -0.05) is 23.2 Å². The predicted octanol–water partition coefficient (Wildman–Crippen LogP) is 3.72. The molecule has 0 aromatic carbocycles. The van der Waals surface area contributed by atoms with Crippen LogP contribution in [0.25, 0.3) is 5.76 Å². The minimum absolute atomic E-state index is 0.0200. The van der Waals surface area contributed by atoms with E-state index in [4.69, 9.17) is 16.3 Å². The molecule has 0 saturated heterocycles. The number of nitrogens with zero attached hydrogens (tertiary/aromatic N) is 2. The van der Waals surface area contributed by atoms with Crippen LogP contribution in [0, 0.1) is 0 Å². The molecule has 0 saturated carbocycles. The maximum Gasteiger partial charge on any atom is 0.278 e. The lowest BCUT2D eigenvalue weighted by Crippen LogP contribution is -2.37. The number of allylic oxidation sites excluding steroid dienone is 1. The second-order valence-corrected chi connectivity index (χ2v) is 9.78. The van der Waals surface area contributed by atoms with Gasteiger partial charge in [-0.2, -0.15) is 0 Å². The number of fused-ring (bicyclic) bond motifs is 1. The van der Waals surface area contributed by atoms with E-state index in [1.54, 1.807) is 18.2 Å². The van der Waals surface area contributed by atoms with Crippen LogP contribution in [0.15, 0.2) is 52.7 Å². The average molecular weight is 440 g/mol. The molecule has 2 aromatic rings. The summed E-state index contributed by atoms with van der Waals surface area (Å²) in [6.07, 6.45) is 3.36. The molecule has 1 aliphatic heterocycles. The zero-order chi connectivity index (χ0) is 20.5. The van der Waals surface area contributed by atoms with Gasteiger partial charge in [0, 0.05) is 13.2 Å². The molecular weight excluding hydrogens is 422 g/mol. The lowest BCUT2D eigenvalue weighted by Gasteiger charge is -2.28. The van der Waals surface area contributed by atoms with Crippen molar-refractivity contribution in [2.24, 2.45) is 0 Å². The summed E-state index contributed by atoms with van der Waals surface area (Å²) in [5.74, 6) is -0.188. The Balaban J connectivity index is 2.11. The van der Waals surface area contributed by atoms with Crippen molar-refractivity contribution in [3.63, 3.8) is 0 Å². The largest absolute Gasteiger partial charge is 0.486 e. The van der Waals surface area contributed by atoms with Gasteiger partial charge in [0.2, 0.25) is 0 Å². The molecule has 0 aliphatic carbocycles. The number of anilines is 1. The number of rotatable bonds is 5. The van der Waals surface area contributed by atoms with Crippen molar-refractivity contribution in [2.75, 3.05) is 19.0 Å². The molecule has 2 aromatic heterocycles. The number of carbonyl (C=O) groups is 1. The van der Waals surface area contributed by atoms with Crippen LogP contribution in [0.2, 0.25) is 4.34 Å². The number of pyridine rings is 1. The van der Waals surface area contributed by atoms with E-state index in [2.05, 4.69) is 10.3 Å². The standard InChI is InChI=1S/C18H18ClN3O4S2/c1-11(2)7-9-26-16-15(18(23)21-14-6-4-5-8-20-14)22(3)28(24,25)12-10-13(19)27-17(12)16/h4-8,10H,9H2,1-3H3,(H,20,21,23). The number of amides is 1. The summed E-state index contributed by atoms with van der Waals surface area (Å²) in [6, 6.07) is 6.39. The van der Waals surface area contributed by atoms with E-state index in [1.807, 2.05) is 19.9 Å². The number of aromatic nitrogens is 1. The first-order chi connectivity index (χ1) is 13.2. The number of carbonyl (C=O) groups excluding carboxylic acids is 1. The summed E-state index contributed by atoms with van der Waals surface area (Å²) in [4.78, 5) is 17.3. The van der Waals surface area contributed by atoms with Crippen molar-refractivity contribution >= 4 is 50.4 Å². The van der Waals surface area contributed by atoms with Crippen LogP contribution in [0.4, 0.5) is 5.82 Å². The van der Waals surface area contributed by atoms with Gasteiger partial charge in [-0.3, -0.25) is 9.10 Å². The maximum atomic E-state index is 13.0. The Bertz CT molecular complexity index is 1070. The Morgan fingerprint density at radius 2 is 2.14 bits per heavy atom. The number of sulfonamides is 1. The van der Waals surface area contributed by atoms with Gasteiger partial charge in [0.1, 0.15) is 17.3 Å². The van der Waals surface area contributed by atoms with E-state index in [0.717, 1.165) is 21.2 Å². The SMILES string of the molecule is CC(C)=CCOC1=C(C(=O)Nc2ccccn2)N(C)S(=O)(=O)c2cc(Cl)sc21. The van der Waals surface area contributed by atoms with Crippen molar-refractivity contribution in [3.05, 3.63) is 57.0 Å². The Morgan fingerprint density at radius 3 is 2.79 bits per heavy atom.